The van der Waals surface area contributed by atoms with Crippen LogP contribution in [0.1, 0.15) is 75.5 Å². The van der Waals surface area contributed by atoms with E-state index < -0.39 is 0 Å². The summed E-state index contributed by atoms with van der Waals surface area (Å²) < 4.78 is 0. The summed E-state index contributed by atoms with van der Waals surface area (Å²) in [5, 5.41) is 7.25. The quantitative estimate of drug-likeness (QED) is 0.808. The summed E-state index contributed by atoms with van der Waals surface area (Å²) in [7, 11) is 0. The Morgan fingerprint density at radius 1 is 1.19 bits per heavy atom. The van der Waals surface area contributed by atoms with Crippen LogP contribution in [0.3, 0.4) is 0 Å². The molecule has 16 heavy (non-hydrogen) atoms. The maximum absolute atomic E-state index is 5.77. The average Bonchev–Trinajstić information content (AvgIpc) is 2.66. The number of nitrogens with zero attached hydrogens (tertiary/aromatic N) is 2. The standard InChI is InChI=1S/C12H22N4/c1-9(13)11-14-12(16-15-11)10-7-5-3-2-4-6-8-10/h9-10H,2-8,13H2,1H3,(H,14,15,16). The van der Waals surface area contributed by atoms with Gasteiger partial charge in [0.25, 0.3) is 0 Å². The van der Waals surface area contributed by atoms with Crippen molar-refractivity contribution in [3.63, 3.8) is 0 Å². The topological polar surface area (TPSA) is 67.6 Å². The van der Waals surface area contributed by atoms with E-state index in [1.165, 1.54) is 44.9 Å². The van der Waals surface area contributed by atoms with E-state index in [0.717, 1.165) is 11.6 Å². The normalized spacial score (nSPS) is 21.4. The first-order valence-electron chi connectivity index (χ1n) is 6.45. The lowest BCUT2D eigenvalue weighted by Crippen LogP contribution is -2.08. The summed E-state index contributed by atoms with van der Waals surface area (Å²) in [6.07, 6.45) is 9.25. The molecule has 0 amide bonds. The van der Waals surface area contributed by atoms with Gasteiger partial charge in [0.05, 0.1) is 6.04 Å². The second-order valence-electron chi connectivity index (χ2n) is 4.91. The lowest BCUT2D eigenvalue weighted by molar-refractivity contribution is 0.443. The van der Waals surface area contributed by atoms with E-state index in [0.29, 0.717) is 5.92 Å². The first-order chi connectivity index (χ1) is 7.77. The summed E-state index contributed by atoms with van der Waals surface area (Å²) in [4.78, 5) is 4.51. The fourth-order valence-corrected chi connectivity index (χ4v) is 2.40. The van der Waals surface area contributed by atoms with Gasteiger partial charge in [-0.2, -0.15) is 5.10 Å². The zero-order chi connectivity index (χ0) is 11.4. The van der Waals surface area contributed by atoms with E-state index in [1.54, 1.807) is 0 Å². The van der Waals surface area contributed by atoms with Gasteiger partial charge in [-0.15, -0.1) is 0 Å². The van der Waals surface area contributed by atoms with Crippen molar-refractivity contribution in [1.82, 2.24) is 15.2 Å². The van der Waals surface area contributed by atoms with Crippen LogP contribution >= 0.6 is 0 Å². The molecule has 1 aromatic rings. The summed E-state index contributed by atoms with van der Waals surface area (Å²) in [6, 6.07) is -0.0708. The first kappa shape index (κ1) is 11.6. The van der Waals surface area contributed by atoms with Gasteiger partial charge in [0.1, 0.15) is 5.82 Å². The predicted octanol–water partition coefficient (Wildman–Crippen LogP) is 2.65. The smallest absolute Gasteiger partial charge is 0.167 e. The third-order valence-corrected chi connectivity index (χ3v) is 3.42. The number of hydrogen-bond acceptors (Lipinski definition) is 3. The molecule has 1 fully saturated rings. The molecule has 0 aromatic carbocycles. The van der Waals surface area contributed by atoms with Crippen molar-refractivity contribution in [2.24, 2.45) is 5.73 Å². The van der Waals surface area contributed by atoms with Crippen molar-refractivity contribution in [3.8, 4) is 0 Å². The van der Waals surface area contributed by atoms with Gasteiger partial charge in [0.15, 0.2) is 5.82 Å². The Morgan fingerprint density at radius 3 is 2.38 bits per heavy atom. The van der Waals surface area contributed by atoms with Crippen molar-refractivity contribution in [2.75, 3.05) is 0 Å². The number of aromatic amines is 1. The molecular formula is C12H22N4. The van der Waals surface area contributed by atoms with E-state index in [9.17, 15) is 0 Å². The van der Waals surface area contributed by atoms with Crippen LogP contribution in [0.15, 0.2) is 0 Å². The van der Waals surface area contributed by atoms with Crippen LogP contribution in [0.5, 0.6) is 0 Å². The van der Waals surface area contributed by atoms with Crippen LogP contribution in [-0.4, -0.2) is 15.2 Å². The van der Waals surface area contributed by atoms with E-state index in [-0.39, 0.29) is 6.04 Å². The van der Waals surface area contributed by atoms with Crippen molar-refractivity contribution >= 4 is 0 Å². The summed E-state index contributed by atoms with van der Waals surface area (Å²) in [5.74, 6) is 2.37. The molecule has 4 heteroatoms. The van der Waals surface area contributed by atoms with Crippen LogP contribution < -0.4 is 5.73 Å². The highest BCUT2D eigenvalue weighted by Gasteiger charge is 2.18. The van der Waals surface area contributed by atoms with Crippen LogP contribution in [-0.2, 0) is 0 Å². The lowest BCUT2D eigenvalue weighted by atomic mass is 9.91. The van der Waals surface area contributed by atoms with Crippen LogP contribution in [0, 0.1) is 0 Å². The number of H-pyrrole nitrogens is 1. The fourth-order valence-electron chi connectivity index (χ4n) is 2.40. The summed E-state index contributed by atoms with van der Waals surface area (Å²) in [5.41, 5.74) is 5.77. The van der Waals surface area contributed by atoms with Crippen LogP contribution in [0.25, 0.3) is 0 Å². The first-order valence-corrected chi connectivity index (χ1v) is 6.45. The van der Waals surface area contributed by atoms with Gasteiger partial charge in [-0.1, -0.05) is 32.1 Å². The summed E-state index contributed by atoms with van der Waals surface area (Å²) >= 11 is 0. The number of rotatable bonds is 2. The Kier molecular flexibility index (Phi) is 3.93. The number of hydrogen-bond donors (Lipinski definition) is 2. The largest absolute Gasteiger partial charge is 0.321 e. The Labute approximate surface area is 97.0 Å². The lowest BCUT2D eigenvalue weighted by Gasteiger charge is -2.16. The number of nitrogens with one attached hydrogen (secondary N) is 1. The van der Waals surface area contributed by atoms with E-state index in [1.807, 2.05) is 6.92 Å². The van der Waals surface area contributed by atoms with Gasteiger partial charge < -0.3 is 5.73 Å². The van der Waals surface area contributed by atoms with Crippen molar-refractivity contribution in [3.05, 3.63) is 11.6 Å². The maximum Gasteiger partial charge on any atom is 0.167 e. The Balaban J connectivity index is 2.02. The van der Waals surface area contributed by atoms with Gasteiger partial charge in [-0.25, -0.2) is 4.98 Å². The monoisotopic (exact) mass is 222 g/mol. The molecule has 0 spiro atoms. The van der Waals surface area contributed by atoms with Crippen LogP contribution in [0.2, 0.25) is 0 Å². The maximum atomic E-state index is 5.77. The van der Waals surface area contributed by atoms with Crippen molar-refractivity contribution in [2.45, 2.75) is 63.8 Å². The van der Waals surface area contributed by atoms with Gasteiger partial charge >= 0.3 is 0 Å². The Morgan fingerprint density at radius 2 is 1.81 bits per heavy atom. The molecule has 0 aliphatic heterocycles. The zero-order valence-electron chi connectivity index (χ0n) is 10.1. The Bertz CT molecular complexity index is 311. The van der Waals surface area contributed by atoms with Gasteiger partial charge in [-0.3, -0.25) is 5.10 Å². The third kappa shape index (κ3) is 2.82. The molecule has 1 aromatic heterocycles. The minimum Gasteiger partial charge on any atom is -0.321 e. The predicted molar refractivity (Wildman–Crippen MR) is 64.0 cm³/mol. The number of nitrogens with two attached hydrogens (primary N) is 1. The van der Waals surface area contributed by atoms with E-state index in [4.69, 9.17) is 5.73 Å². The highest BCUT2D eigenvalue weighted by Crippen LogP contribution is 2.28. The van der Waals surface area contributed by atoms with Gasteiger partial charge in [-0.05, 0) is 19.8 Å². The molecule has 0 radical (unpaired) electrons. The van der Waals surface area contributed by atoms with E-state index in [2.05, 4.69) is 15.2 Å². The molecule has 1 saturated carbocycles. The average molecular weight is 222 g/mol. The molecule has 90 valence electrons. The molecular weight excluding hydrogens is 200 g/mol. The molecule has 2 rings (SSSR count). The highest BCUT2D eigenvalue weighted by atomic mass is 15.2. The van der Waals surface area contributed by atoms with Crippen molar-refractivity contribution in [1.29, 1.82) is 0 Å². The molecule has 0 saturated heterocycles. The van der Waals surface area contributed by atoms with Crippen LogP contribution in [0.4, 0.5) is 0 Å². The van der Waals surface area contributed by atoms with Crippen molar-refractivity contribution < 1.29 is 0 Å². The van der Waals surface area contributed by atoms with E-state index >= 15 is 0 Å². The minimum absolute atomic E-state index is 0.0708. The highest BCUT2D eigenvalue weighted by molar-refractivity contribution is 5.00. The molecule has 1 aliphatic carbocycles. The Hall–Kier alpha value is -0.900. The molecule has 1 unspecified atom stereocenters. The second kappa shape index (κ2) is 5.43. The molecule has 1 heterocycles. The fraction of sp³-hybridized carbons (Fsp3) is 0.833. The van der Waals surface area contributed by atoms with Gasteiger partial charge in [0.2, 0.25) is 0 Å². The SMILES string of the molecule is CC(N)c1n[nH]c(C2CCCCCCC2)n1. The molecule has 4 nitrogen and oxygen atoms in total. The van der Waals surface area contributed by atoms with Gasteiger partial charge in [0, 0.05) is 5.92 Å². The molecule has 0 bridgehead atoms. The number of aromatic nitrogens is 3. The minimum atomic E-state index is -0.0708. The third-order valence-electron chi connectivity index (χ3n) is 3.42. The molecule has 1 aliphatic rings. The summed E-state index contributed by atoms with van der Waals surface area (Å²) in [6.45, 7) is 1.92. The second-order valence-corrected chi connectivity index (χ2v) is 4.91. The molecule has 3 N–H and O–H groups in total. The molecule has 1 atom stereocenters. The zero-order valence-corrected chi connectivity index (χ0v) is 10.1.